The van der Waals surface area contributed by atoms with Gasteiger partial charge in [0.15, 0.2) is 0 Å². The minimum absolute atomic E-state index is 0.0121. The Morgan fingerprint density at radius 1 is 1.27 bits per heavy atom. The van der Waals surface area contributed by atoms with Crippen molar-refractivity contribution in [3.63, 3.8) is 0 Å². The van der Waals surface area contributed by atoms with Crippen molar-refractivity contribution in [3.8, 4) is 6.07 Å². The highest BCUT2D eigenvalue weighted by molar-refractivity contribution is 7.17. The number of halogens is 1. The van der Waals surface area contributed by atoms with E-state index in [-0.39, 0.29) is 5.91 Å². The first-order chi connectivity index (χ1) is 10.7. The van der Waals surface area contributed by atoms with E-state index in [9.17, 15) is 4.79 Å². The molecule has 3 rings (SSSR count). The number of anilines is 1. The first-order valence-corrected chi connectivity index (χ1v) is 8.03. The molecule has 0 aliphatic carbocycles. The summed E-state index contributed by atoms with van der Waals surface area (Å²) in [5, 5.41) is 9.15. The van der Waals surface area contributed by atoms with Crippen LogP contribution in [0, 0.1) is 11.3 Å². The minimum atomic E-state index is 0.0121. The van der Waals surface area contributed by atoms with Gasteiger partial charge in [0, 0.05) is 32.4 Å². The standard InChI is InChI=1S/C15H13ClN4OS/c16-13-4-3-12(22-13)15(21)20-8-6-19(7-9-20)14-11(10-17)2-1-5-18-14/h1-5H,6-9H2. The second-order valence-corrected chi connectivity index (χ2v) is 6.58. The number of amides is 1. The number of nitriles is 1. The summed E-state index contributed by atoms with van der Waals surface area (Å²) in [6.45, 7) is 2.54. The van der Waals surface area contributed by atoms with E-state index in [2.05, 4.69) is 11.1 Å². The third-order valence-corrected chi connectivity index (χ3v) is 4.78. The number of piperazine rings is 1. The second-order valence-electron chi connectivity index (χ2n) is 4.87. The van der Waals surface area contributed by atoms with Crippen LogP contribution >= 0.6 is 22.9 Å². The van der Waals surface area contributed by atoms with Gasteiger partial charge in [-0.25, -0.2) is 4.98 Å². The lowest BCUT2D eigenvalue weighted by Gasteiger charge is -2.35. The number of rotatable bonds is 2. The number of carbonyl (C=O) groups excluding carboxylic acids is 1. The number of hydrogen-bond donors (Lipinski definition) is 0. The molecule has 0 unspecified atom stereocenters. The van der Waals surface area contributed by atoms with Gasteiger partial charge in [0.2, 0.25) is 0 Å². The molecule has 112 valence electrons. The Hall–Kier alpha value is -2.10. The smallest absolute Gasteiger partial charge is 0.264 e. The van der Waals surface area contributed by atoms with E-state index in [0.29, 0.717) is 46.8 Å². The molecular weight excluding hydrogens is 320 g/mol. The molecule has 1 amide bonds. The molecule has 3 heterocycles. The molecule has 0 radical (unpaired) electrons. The quantitative estimate of drug-likeness (QED) is 0.848. The fraction of sp³-hybridized carbons (Fsp3) is 0.267. The zero-order valence-electron chi connectivity index (χ0n) is 11.7. The number of hydrogen-bond acceptors (Lipinski definition) is 5. The van der Waals surface area contributed by atoms with Crippen molar-refractivity contribution in [2.45, 2.75) is 0 Å². The van der Waals surface area contributed by atoms with Crippen molar-refractivity contribution in [2.75, 3.05) is 31.1 Å². The number of aromatic nitrogens is 1. The van der Waals surface area contributed by atoms with E-state index in [1.807, 2.05) is 9.80 Å². The Labute approximate surface area is 137 Å². The van der Waals surface area contributed by atoms with Gasteiger partial charge in [-0.1, -0.05) is 11.6 Å². The van der Waals surface area contributed by atoms with Crippen molar-refractivity contribution < 1.29 is 4.79 Å². The number of pyridine rings is 1. The summed E-state index contributed by atoms with van der Waals surface area (Å²) < 4.78 is 0.620. The molecule has 2 aromatic heterocycles. The number of carbonyl (C=O) groups is 1. The van der Waals surface area contributed by atoms with E-state index >= 15 is 0 Å². The summed E-state index contributed by atoms with van der Waals surface area (Å²) in [4.78, 5) is 21.2. The molecular formula is C15H13ClN4OS. The van der Waals surface area contributed by atoms with Crippen molar-refractivity contribution in [3.05, 3.63) is 45.2 Å². The maximum absolute atomic E-state index is 12.4. The number of nitrogens with zero attached hydrogens (tertiary/aromatic N) is 4. The van der Waals surface area contributed by atoms with Crippen LogP contribution in [0.3, 0.4) is 0 Å². The van der Waals surface area contributed by atoms with Gasteiger partial charge < -0.3 is 9.80 Å². The molecule has 2 aromatic rings. The average molecular weight is 333 g/mol. The summed E-state index contributed by atoms with van der Waals surface area (Å²) in [7, 11) is 0. The predicted octanol–water partition coefficient (Wildman–Crippen LogP) is 2.63. The van der Waals surface area contributed by atoms with E-state index in [4.69, 9.17) is 16.9 Å². The van der Waals surface area contributed by atoms with Crippen LogP contribution in [0.2, 0.25) is 4.34 Å². The molecule has 1 saturated heterocycles. The van der Waals surface area contributed by atoms with E-state index < -0.39 is 0 Å². The van der Waals surface area contributed by atoms with Gasteiger partial charge in [0.1, 0.15) is 11.9 Å². The van der Waals surface area contributed by atoms with Crippen molar-refractivity contribution in [2.24, 2.45) is 0 Å². The first kappa shape index (κ1) is 14.8. The van der Waals surface area contributed by atoms with Crippen LogP contribution in [0.4, 0.5) is 5.82 Å². The molecule has 0 saturated carbocycles. The molecule has 0 spiro atoms. The van der Waals surface area contributed by atoms with Gasteiger partial charge in [0.25, 0.3) is 5.91 Å². The molecule has 1 aliphatic heterocycles. The molecule has 5 nitrogen and oxygen atoms in total. The number of thiophene rings is 1. The summed E-state index contributed by atoms with van der Waals surface area (Å²) in [6.07, 6.45) is 1.68. The van der Waals surface area contributed by atoms with Gasteiger partial charge in [-0.15, -0.1) is 11.3 Å². The maximum Gasteiger partial charge on any atom is 0.264 e. The third-order valence-electron chi connectivity index (χ3n) is 3.56. The molecule has 7 heteroatoms. The summed E-state index contributed by atoms with van der Waals surface area (Å²) in [6, 6.07) is 9.16. The van der Waals surface area contributed by atoms with Gasteiger partial charge in [-0.05, 0) is 24.3 Å². The van der Waals surface area contributed by atoms with Crippen LogP contribution in [0.15, 0.2) is 30.5 Å². The van der Waals surface area contributed by atoms with Gasteiger partial charge in [-0.2, -0.15) is 5.26 Å². The van der Waals surface area contributed by atoms with E-state index in [1.165, 1.54) is 11.3 Å². The highest BCUT2D eigenvalue weighted by atomic mass is 35.5. The maximum atomic E-state index is 12.4. The lowest BCUT2D eigenvalue weighted by Crippen LogP contribution is -2.49. The Morgan fingerprint density at radius 3 is 2.68 bits per heavy atom. The largest absolute Gasteiger partial charge is 0.352 e. The Bertz CT molecular complexity index is 731. The highest BCUT2D eigenvalue weighted by Crippen LogP contribution is 2.24. The molecule has 0 bridgehead atoms. The molecule has 0 aromatic carbocycles. The van der Waals surface area contributed by atoms with Gasteiger partial charge in [0.05, 0.1) is 14.8 Å². The van der Waals surface area contributed by atoms with Crippen molar-refractivity contribution >= 4 is 34.7 Å². The minimum Gasteiger partial charge on any atom is -0.352 e. The van der Waals surface area contributed by atoms with Crippen LogP contribution < -0.4 is 4.90 Å². The third kappa shape index (κ3) is 2.91. The van der Waals surface area contributed by atoms with Crippen molar-refractivity contribution in [1.82, 2.24) is 9.88 Å². The van der Waals surface area contributed by atoms with Crippen LogP contribution in [0.25, 0.3) is 0 Å². The molecule has 1 fully saturated rings. The zero-order valence-corrected chi connectivity index (χ0v) is 13.3. The van der Waals surface area contributed by atoms with E-state index in [0.717, 1.165) is 0 Å². The fourth-order valence-corrected chi connectivity index (χ4v) is 3.45. The van der Waals surface area contributed by atoms with Gasteiger partial charge >= 0.3 is 0 Å². The van der Waals surface area contributed by atoms with Crippen LogP contribution in [-0.2, 0) is 0 Å². The SMILES string of the molecule is N#Cc1cccnc1N1CCN(C(=O)c2ccc(Cl)s2)CC1. The Balaban J connectivity index is 1.68. The molecule has 22 heavy (non-hydrogen) atoms. The lowest BCUT2D eigenvalue weighted by molar-refractivity contribution is 0.0751. The lowest BCUT2D eigenvalue weighted by atomic mass is 10.2. The second kappa shape index (κ2) is 6.34. The highest BCUT2D eigenvalue weighted by Gasteiger charge is 2.24. The summed E-state index contributed by atoms with van der Waals surface area (Å²) >= 11 is 7.18. The van der Waals surface area contributed by atoms with Crippen molar-refractivity contribution in [1.29, 1.82) is 5.26 Å². The monoisotopic (exact) mass is 332 g/mol. The normalized spacial score (nSPS) is 14.7. The van der Waals surface area contributed by atoms with E-state index in [1.54, 1.807) is 30.5 Å². The van der Waals surface area contributed by atoms with Crippen LogP contribution in [-0.4, -0.2) is 42.0 Å². The summed E-state index contributed by atoms with van der Waals surface area (Å²) in [5.41, 5.74) is 0.562. The zero-order chi connectivity index (χ0) is 15.5. The first-order valence-electron chi connectivity index (χ1n) is 6.83. The fourth-order valence-electron chi connectivity index (χ4n) is 2.44. The Morgan fingerprint density at radius 2 is 2.05 bits per heavy atom. The predicted molar refractivity (Wildman–Crippen MR) is 86.4 cm³/mol. The van der Waals surface area contributed by atoms with Crippen LogP contribution in [0.5, 0.6) is 0 Å². The molecule has 1 aliphatic rings. The van der Waals surface area contributed by atoms with Gasteiger partial charge in [-0.3, -0.25) is 4.79 Å². The van der Waals surface area contributed by atoms with Crippen LogP contribution in [0.1, 0.15) is 15.2 Å². The summed E-state index contributed by atoms with van der Waals surface area (Å²) in [5.74, 6) is 0.703. The Kier molecular flexibility index (Phi) is 4.27. The molecule has 0 atom stereocenters. The average Bonchev–Trinajstić information content (AvgIpc) is 3.01. The molecule has 0 N–H and O–H groups in total. The topological polar surface area (TPSA) is 60.2 Å².